The zero-order chi connectivity index (χ0) is 11.4. The Morgan fingerprint density at radius 1 is 1.44 bits per heavy atom. The molecule has 0 saturated carbocycles. The second-order valence-corrected chi connectivity index (χ2v) is 3.29. The van der Waals surface area contributed by atoms with Crippen LogP contribution in [0.3, 0.4) is 0 Å². The van der Waals surface area contributed by atoms with Gasteiger partial charge >= 0.3 is 5.97 Å². The minimum absolute atomic E-state index is 0.0103. The SMILES string of the molecule is O=C(O)c1ncoc1CCc1cccnc1. The van der Waals surface area contributed by atoms with Crippen LogP contribution in [0.5, 0.6) is 0 Å². The molecule has 16 heavy (non-hydrogen) atoms. The van der Waals surface area contributed by atoms with Gasteiger partial charge in [0.25, 0.3) is 0 Å². The second-order valence-electron chi connectivity index (χ2n) is 3.29. The van der Waals surface area contributed by atoms with Gasteiger partial charge in [-0.05, 0) is 18.1 Å². The predicted molar refractivity (Wildman–Crippen MR) is 55.1 cm³/mol. The lowest BCUT2D eigenvalue weighted by Crippen LogP contribution is -2.02. The van der Waals surface area contributed by atoms with E-state index in [1.807, 2.05) is 12.1 Å². The van der Waals surface area contributed by atoms with Crippen LogP contribution in [0.4, 0.5) is 0 Å². The molecule has 0 aliphatic carbocycles. The number of pyridine rings is 1. The number of carboxylic acids is 1. The molecule has 0 aromatic carbocycles. The molecule has 0 unspecified atom stereocenters. The maximum absolute atomic E-state index is 10.8. The third-order valence-electron chi connectivity index (χ3n) is 2.21. The Hall–Kier alpha value is -2.17. The van der Waals surface area contributed by atoms with Crippen LogP contribution in [0.2, 0.25) is 0 Å². The Morgan fingerprint density at radius 3 is 3.00 bits per heavy atom. The van der Waals surface area contributed by atoms with Crippen LogP contribution in [0, 0.1) is 0 Å². The molecule has 0 amide bonds. The van der Waals surface area contributed by atoms with Gasteiger partial charge in [-0.25, -0.2) is 9.78 Å². The van der Waals surface area contributed by atoms with E-state index in [1.54, 1.807) is 12.4 Å². The van der Waals surface area contributed by atoms with Gasteiger partial charge in [0.15, 0.2) is 12.1 Å². The van der Waals surface area contributed by atoms with Crippen molar-refractivity contribution in [2.75, 3.05) is 0 Å². The number of hydrogen-bond donors (Lipinski definition) is 1. The van der Waals surface area contributed by atoms with Crippen molar-refractivity contribution in [3.05, 3.63) is 47.9 Å². The van der Waals surface area contributed by atoms with Crippen molar-refractivity contribution in [2.24, 2.45) is 0 Å². The van der Waals surface area contributed by atoms with Crippen LogP contribution in [0.15, 0.2) is 35.3 Å². The quantitative estimate of drug-likeness (QED) is 0.842. The highest BCUT2D eigenvalue weighted by molar-refractivity contribution is 5.86. The Labute approximate surface area is 91.8 Å². The maximum atomic E-state index is 10.8. The Morgan fingerprint density at radius 2 is 2.31 bits per heavy atom. The second kappa shape index (κ2) is 4.57. The van der Waals surface area contributed by atoms with Crippen molar-refractivity contribution in [3.63, 3.8) is 0 Å². The Balaban J connectivity index is 2.05. The van der Waals surface area contributed by atoms with Gasteiger partial charge < -0.3 is 9.52 Å². The number of oxazole rings is 1. The van der Waals surface area contributed by atoms with Crippen molar-refractivity contribution in [2.45, 2.75) is 12.8 Å². The molecule has 5 heteroatoms. The average molecular weight is 218 g/mol. The molecule has 0 atom stereocenters. The highest BCUT2D eigenvalue weighted by atomic mass is 16.4. The first-order valence-corrected chi connectivity index (χ1v) is 4.82. The normalized spacial score (nSPS) is 10.2. The van der Waals surface area contributed by atoms with Gasteiger partial charge in [0.2, 0.25) is 0 Å². The molecule has 2 heterocycles. The highest BCUT2D eigenvalue weighted by Gasteiger charge is 2.14. The summed E-state index contributed by atoms with van der Waals surface area (Å²) in [6.45, 7) is 0. The molecule has 2 aromatic heterocycles. The van der Waals surface area contributed by atoms with Crippen LogP contribution in [0.25, 0.3) is 0 Å². The zero-order valence-corrected chi connectivity index (χ0v) is 8.46. The van der Waals surface area contributed by atoms with Gasteiger partial charge in [-0.15, -0.1) is 0 Å². The number of aryl methyl sites for hydroxylation is 2. The van der Waals surface area contributed by atoms with E-state index in [4.69, 9.17) is 9.52 Å². The van der Waals surface area contributed by atoms with Crippen molar-refractivity contribution in [3.8, 4) is 0 Å². The molecule has 82 valence electrons. The largest absolute Gasteiger partial charge is 0.476 e. The number of carbonyl (C=O) groups is 1. The lowest BCUT2D eigenvalue weighted by atomic mass is 10.1. The summed E-state index contributed by atoms with van der Waals surface area (Å²) in [7, 11) is 0. The number of nitrogens with zero attached hydrogens (tertiary/aromatic N) is 2. The Bertz CT molecular complexity index is 479. The lowest BCUT2D eigenvalue weighted by Gasteiger charge is -1.98. The van der Waals surface area contributed by atoms with Gasteiger partial charge in [-0.1, -0.05) is 6.07 Å². The number of carboxylic acid groups (broad SMARTS) is 1. The van der Waals surface area contributed by atoms with E-state index in [9.17, 15) is 4.79 Å². The van der Waals surface area contributed by atoms with E-state index in [0.717, 1.165) is 12.0 Å². The van der Waals surface area contributed by atoms with E-state index < -0.39 is 5.97 Å². The molecule has 0 spiro atoms. The van der Waals surface area contributed by atoms with E-state index in [0.29, 0.717) is 18.6 Å². The van der Waals surface area contributed by atoms with Crippen LogP contribution >= 0.6 is 0 Å². The molecule has 0 bridgehead atoms. The summed E-state index contributed by atoms with van der Waals surface area (Å²) in [5.41, 5.74) is 1.03. The first kappa shape index (κ1) is 10.4. The summed E-state index contributed by atoms with van der Waals surface area (Å²) < 4.78 is 5.04. The third-order valence-corrected chi connectivity index (χ3v) is 2.21. The Kier molecular flexibility index (Phi) is 2.95. The van der Waals surface area contributed by atoms with E-state index in [-0.39, 0.29) is 5.69 Å². The summed E-state index contributed by atoms with van der Waals surface area (Å²) in [4.78, 5) is 18.4. The summed E-state index contributed by atoms with van der Waals surface area (Å²) >= 11 is 0. The summed E-state index contributed by atoms with van der Waals surface area (Å²) in [6, 6.07) is 3.78. The number of aromatic nitrogens is 2. The average Bonchev–Trinajstić information content (AvgIpc) is 2.76. The topological polar surface area (TPSA) is 76.2 Å². The van der Waals surface area contributed by atoms with Crippen molar-refractivity contribution >= 4 is 5.97 Å². The van der Waals surface area contributed by atoms with Gasteiger partial charge in [0.1, 0.15) is 5.76 Å². The fraction of sp³-hybridized carbons (Fsp3) is 0.182. The van der Waals surface area contributed by atoms with E-state index in [1.165, 1.54) is 0 Å². The molecule has 2 rings (SSSR count). The molecule has 1 N–H and O–H groups in total. The first-order chi connectivity index (χ1) is 7.77. The number of rotatable bonds is 4. The minimum Gasteiger partial charge on any atom is -0.476 e. The predicted octanol–water partition coefficient (Wildman–Crippen LogP) is 1.55. The fourth-order valence-corrected chi connectivity index (χ4v) is 1.43. The van der Waals surface area contributed by atoms with Crippen molar-refractivity contribution in [1.29, 1.82) is 0 Å². The van der Waals surface area contributed by atoms with Gasteiger partial charge in [0.05, 0.1) is 0 Å². The summed E-state index contributed by atoms with van der Waals surface area (Å²) in [5.74, 6) is -0.661. The molecule has 0 aliphatic heterocycles. The first-order valence-electron chi connectivity index (χ1n) is 4.82. The van der Waals surface area contributed by atoms with Gasteiger partial charge in [-0.3, -0.25) is 4.98 Å². The molecule has 5 nitrogen and oxygen atoms in total. The smallest absolute Gasteiger partial charge is 0.358 e. The molecule has 0 saturated heterocycles. The van der Waals surface area contributed by atoms with E-state index in [2.05, 4.69) is 9.97 Å². The number of aromatic carboxylic acids is 1. The van der Waals surface area contributed by atoms with Crippen molar-refractivity contribution in [1.82, 2.24) is 9.97 Å². The fourth-order valence-electron chi connectivity index (χ4n) is 1.43. The monoisotopic (exact) mass is 218 g/mol. The maximum Gasteiger partial charge on any atom is 0.358 e. The molecule has 2 aromatic rings. The summed E-state index contributed by atoms with van der Waals surface area (Å²) in [6.07, 6.45) is 5.79. The number of hydrogen-bond acceptors (Lipinski definition) is 4. The highest BCUT2D eigenvalue weighted by Crippen LogP contribution is 2.10. The van der Waals surface area contributed by atoms with Gasteiger partial charge in [-0.2, -0.15) is 0 Å². The lowest BCUT2D eigenvalue weighted by molar-refractivity contribution is 0.0689. The molecule has 0 aliphatic rings. The standard InChI is InChI=1S/C11H10N2O3/c14-11(15)10-9(16-7-13-10)4-3-8-2-1-5-12-6-8/h1-2,5-7H,3-4H2,(H,14,15). The molecular weight excluding hydrogens is 208 g/mol. The minimum atomic E-state index is -1.06. The molecule has 0 fully saturated rings. The van der Waals surface area contributed by atoms with E-state index >= 15 is 0 Å². The molecular formula is C11H10N2O3. The van der Waals surface area contributed by atoms with Crippen LogP contribution in [0.1, 0.15) is 21.8 Å². The van der Waals surface area contributed by atoms with Crippen molar-refractivity contribution < 1.29 is 14.3 Å². The summed E-state index contributed by atoms with van der Waals surface area (Å²) in [5, 5.41) is 8.82. The van der Waals surface area contributed by atoms with Gasteiger partial charge in [0, 0.05) is 18.8 Å². The van der Waals surface area contributed by atoms with Crippen LogP contribution in [-0.2, 0) is 12.8 Å². The zero-order valence-electron chi connectivity index (χ0n) is 8.46. The molecule has 0 radical (unpaired) electrons. The third kappa shape index (κ3) is 2.25. The van der Waals surface area contributed by atoms with Crippen LogP contribution in [-0.4, -0.2) is 21.0 Å². The van der Waals surface area contributed by atoms with Crippen LogP contribution < -0.4 is 0 Å².